The van der Waals surface area contributed by atoms with E-state index in [-0.39, 0.29) is 0 Å². The number of methoxy groups -OCH3 is 1. The lowest BCUT2D eigenvalue weighted by Gasteiger charge is -2.10. The molecular weight excluding hydrogens is 192 g/mol. The van der Waals surface area contributed by atoms with Crippen LogP contribution >= 0.6 is 0 Å². The third kappa shape index (κ3) is 3.39. The van der Waals surface area contributed by atoms with Crippen LogP contribution in [0.5, 0.6) is 11.5 Å². The fourth-order valence-corrected chi connectivity index (χ4v) is 1.14. The summed E-state index contributed by atoms with van der Waals surface area (Å²) >= 11 is 0. The number of rotatable bonds is 5. The third-order valence-corrected chi connectivity index (χ3v) is 1.88. The number of nitriles is 1. The van der Waals surface area contributed by atoms with Crippen molar-refractivity contribution in [3.05, 3.63) is 18.2 Å². The molecule has 0 aliphatic rings. The highest BCUT2D eigenvalue weighted by Gasteiger charge is 2.03. The molecule has 0 unspecified atom stereocenters. The van der Waals surface area contributed by atoms with Crippen LogP contribution in [0.4, 0.5) is 5.69 Å². The van der Waals surface area contributed by atoms with Gasteiger partial charge in [-0.15, -0.1) is 0 Å². The lowest BCUT2D eigenvalue weighted by molar-refractivity contribution is 0.291. The standard InChI is InChI=1S/C11H14N2O2/c1-14-11-8-9(13)4-5-10(11)15-7-3-2-6-12/h4-5,8H,2-3,7,13H2,1H3. The Morgan fingerprint density at radius 1 is 1.40 bits per heavy atom. The summed E-state index contributed by atoms with van der Waals surface area (Å²) in [7, 11) is 1.57. The lowest BCUT2D eigenvalue weighted by atomic mass is 10.3. The topological polar surface area (TPSA) is 68.3 Å². The van der Waals surface area contributed by atoms with Crippen LogP contribution in [0.3, 0.4) is 0 Å². The highest BCUT2D eigenvalue weighted by molar-refractivity contribution is 5.51. The molecule has 1 aromatic carbocycles. The van der Waals surface area contributed by atoms with Crippen LogP contribution in [0.15, 0.2) is 18.2 Å². The fraction of sp³-hybridized carbons (Fsp3) is 0.364. The molecule has 4 nitrogen and oxygen atoms in total. The minimum Gasteiger partial charge on any atom is -0.493 e. The Bertz CT molecular complexity index is 358. The molecular formula is C11H14N2O2. The van der Waals surface area contributed by atoms with Crippen LogP contribution in [0, 0.1) is 11.3 Å². The summed E-state index contributed by atoms with van der Waals surface area (Å²) in [6, 6.07) is 7.28. The van der Waals surface area contributed by atoms with Crippen molar-refractivity contribution in [2.45, 2.75) is 12.8 Å². The van der Waals surface area contributed by atoms with Crippen molar-refractivity contribution >= 4 is 5.69 Å². The first-order valence-electron chi connectivity index (χ1n) is 4.71. The van der Waals surface area contributed by atoms with Crippen LogP contribution in [-0.4, -0.2) is 13.7 Å². The Morgan fingerprint density at radius 2 is 2.20 bits per heavy atom. The van der Waals surface area contributed by atoms with Crippen LogP contribution < -0.4 is 15.2 Å². The van der Waals surface area contributed by atoms with E-state index in [0.29, 0.717) is 36.6 Å². The molecule has 80 valence electrons. The molecule has 0 saturated heterocycles. The molecule has 0 amide bonds. The van der Waals surface area contributed by atoms with E-state index in [1.807, 2.05) is 0 Å². The maximum Gasteiger partial charge on any atom is 0.162 e. The Kier molecular flexibility index (Phi) is 4.30. The monoisotopic (exact) mass is 206 g/mol. The smallest absolute Gasteiger partial charge is 0.162 e. The maximum atomic E-state index is 8.35. The van der Waals surface area contributed by atoms with E-state index in [1.165, 1.54) is 0 Å². The van der Waals surface area contributed by atoms with Gasteiger partial charge in [0.15, 0.2) is 11.5 Å². The van der Waals surface area contributed by atoms with E-state index in [1.54, 1.807) is 25.3 Å². The van der Waals surface area contributed by atoms with Crippen molar-refractivity contribution < 1.29 is 9.47 Å². The number of benzene rings is 1. The predicted octanol–water partition coefficient (Wildman–Crippen LogP) is 1.96. The van der Waals surface area contributed by atoms with E-state index >= 15 is 0 Å². The number of anilines is 1. The number of unbranched alkanes of at least 4 members (excludes halogenated alkanes) is 1. The van der Waals surface area contributed by atoms with Gasteiger partial charge >= 0.3 is 0 Å². The van der Waals surface area contributed by atoms with Crippen molar-refractivity contribution in [1.29, 1.82) is 5.26 Å². The molecule has 0 bridgehead atoms. The number of nitrogens with zero attached hydrogens (tertiary/aromatic N) is 1. The third-order valence-electron chi connectivity index (χ3n) is 1.88. The highest BCUT2D eigenvalue weighted by Crippen LogP contribution is 2.28. The summed E-state index contributed by atoms with van der Waals surface area (Å²) in [5.41, 5.74) is 6.24. The van der Waals surface area contributed by atoms with Crippen molar-refractivity contribution in [2.75, 3.05) is 19.5 Å². The average molecular weight is 206 g/mol. The largest absolute Gasteiger partial charge is 0.493 e. The van der Waals surface area contributed by atoms with Gasteiger partial charge in [-0.2, -0.15) is 5.26 Å². The van der Waals surface area contributed by atoms with Crippen molar-refractivity contribution in [3.8, 4) is 17.6 Å². The van der Waals surface area contributed by atoms with Gasteiger partial charge in [0.2, 0.25) is 0 Å². The van der Waals surface area contributed by atoms with Gasteiger partial charge in [-0.05, 0) is 18.6 Å². The zero-order valence-corrected chi connectivity index (χ0v) is 8.69. The predicted molar refractivity (Wildman–Crippen MR) is 57.7 cm³/mol. The van der Waals surface area contributed by atoms with Crippen LogP contribution in [-0.2, 0) is 0 Å². The van der Waals surface area contributed by atoms with E-state index in [0.717, 1.165) is 0 Å². The Balaban J connectivity index is 2.57. The summed E-state index contributed by atoms with van der Waals surface area (Å²) in [6.07, 6.45) is 1.21. The second kappa shape index (κ2) is 5.76. The summed E-state index contributed by atoms with van der Waals surface area (Å²) in [5, 5.41) is 8.35. The first-order valence-corrected chi connectivity index (χ1v) is 4.71. The molecule has 0 spiro atoms. The number of hydrogen-bond donors (Lipinski definition) is 1. The van der Waals surface area contributed by atoms with Crippen molar-refractivity contribution in [2.24, 2.45) is 0 Å². The molecule has 2 N–H and O–H groups in total. The van der Waals surface area contributed by atoms with Gasteiger partial charge < -0.3 is 15.2 Å². The number of nitrogen functional groups attached to an aromatic ring is 1. The van der Waals surface area contributed by atoms with Gasteiger partial charge in [0.05, 0.1) is 19.8 Å². The molecule has 0 radical (unpaired) electrons. The van der Waals surface area contributed by atoms with Crippen molar-refractivity contribution in [1.82, 2.24) is 0 Å². The molecule has 0 aliphatic carbocycles. The van der Waals surface area contributed by atoms with Crippen LogP contribution in [0.2, 0.25) is 0 Å². The average Bonchev–Trinajstić information content (AvgIpc) is 2.26. The first-order chi connectivity index (χ1) is 7.27. The number of ether oxygens (including phenoxy) is 2. The van der Waals surface area contributed by atoms with E-state index < -0.39 is 0 Å². The van der Waals surface area contributed by atoms with Crippen LogP contribution in [0.1, 0.15) is 12.8 Å². The fourth-order valence-electron chi connectivity index (χ4n) is 1.14. The molecule has 1 aromatic rings. The normalized spacial score (nSPS) is 9.33. The zero-order valence-electron chi connectivity index (χ0n) is 8.69. The summed E-state index contributed by atoms with van der Waals surface area (Å²) < 4.78 is 10.6. The van der Waals surface area contributed by atoms with Gasteiger partial charge in [0.25, 0.3) is 0 Å². The van der Waals surface area contributed by atoms with Gasteiger partial charge in [0, 0.05) is 18.2 Å². The highest BCUT2D eigenvalue weighted by atomic mass is 16.5. The Labute approximate surface area is 89.2 Å². The SMILES string of the molecule is COc1cc(N)ccc1OCCCC#N. The summed E-state index contributed by atoms with van der Waals surface area (Å²) in [5.74, 6) is 1.27. The molecule has 15 heavy (non-hydrogen) atoms. The molecule has 1 rings (SSSR count). The molecule has 0 fully saturated rings. The van der Waals surface area contributed by atoms with Gasteiger partial charge in [0.1, 0.15) is 0 Å². The van der Waals surface area contributed by atoms with Crippen molar-refractivity contribution in [3.63, 3.8) is 0 Å². The van der Waals surface area contributed by atoms with Gasteiger partial charge in [-0.1, -0.05) is 0 Å². The second-order valence-corrected chi connectivity index (χ2v) is 3.02. The summed E-state index contributed by atoms with van der Waals surface area (Å²) in [6.45, 7) is 0.508. The molecule has 0 saturated carbocycles. The minimum absolute atomic E-state index is 0.497. The lowest BCUT2D eigenvalue weighted by Crippen LogP contribution is -1.99. The number of nitrogens with two attached hydrogens (primary N) is 1. The van der Waals surface area contributed by atoms with E-state index in [9.17, 15) is 0 Å². The Morgan fingerprint density at radius 3 is 2.87 bits per heavy atom. The van der Waals surface area contributed by atoms with Crippen LogP contribution in [0.25, 0.3) is 0 Å². The minimum atomic E-state index is 0.497. The quantitative estimate of drug-likeness (QED) is 0.590. The zero-order chi connectivity index (χ0) is 11.1. The molecule has 0 heterocycles. The molecule has 0 atom stereocenters. The Hall–Kier alpha value is -1.89. The number of hydrogen-bond acceptors (Lipinski definition) is 4. The summed E-state index contributed by atoms with van der Waals surface area (Å²) in [4.78, 5) is 0. The van der Waals surface area contributed by atoms with E-state index in [4.69, 9.17) is 20.5 Å². The molecule has 0 aromatic heterocycles. The van der Waals surface area contributed by atoms with E-state index in [2.05, 4.69) is 6.07 Å². The maximum absolute atomic E-state index is 8.35. The van der Waals surface area contributed by atoms with Gasteiger partial charge in [-0.3, -0.25) is 0 Å². The molecule has 4 heteroatoms. The van der Waals surface area contributed by atoms with Gasteiger partial charge in [-0.25, -0.2) is 0 Å². The second-order valence-electron chi connectivity index (χ2n) is 3.02. The first kappa shape index (κ1) is 11.2. The molecule has 0 aliphatic heterocycles.